The van der Waals surface area contributed by atoms with Gasteiger partial charge in [0, 0.05) is 6.04 Å². The van der Waals surface area contributed by atoms with Crippen LogP contribution in [0.25, 0.3) is 0 Å². The molecule has 0 amide bonds. The molecule has 1 heteroatoms. The molecule has 3 saturated carbocycles. The van der Waals surface area contributed by atoms with E-state index in [1.165, 1.54) is 19.3 Å². The topological polar surface area (TPSA) is 26.0 Å². The maximum Gasteiger partial charge on any atom is 0.00703 e. The molecule has 58 valence electrons. The predicted molar refractivity (Wildman–Crippen MR) is 42.6 cm³/mol. The molecule has 3 aliphatic carbocycles. The lowest BCUT2D eigenvalue weighted by Crippen LogP contribution is -2.54. The molecule has 10 heavy (non-hydrogen) atoms. The van der Waals surface area contributed by atoms with Gasteiger partial charge in [0.15, 0.2) is 0 Å². The minimum absolute atomic E-state index is 0.525. The second-order valence-corrected chi connectivity index (χ2v) is 4.62. The number of fused-ring (bicyclic) bond motifs is 2. The van der Waals surface area contributed by atoms with Gasteiger partial charge in [-0.3, -0.25) is 0 Å². The van der Waals surface area contributed by atoms with Crippen molar-refractivity contribution in [1.82, 2.24) is 0 Å². The van der Waals surface area contributed by atoms with E-state index in [1.54, 1.807) is 0 Å². The Labute approximate surface area is 63.0 Å². The maximum absolute atomic E-state index is 5.97. The number of hydrogen-bond donors (Lipinski definition) is 1. The van der Waals surface area contributed by atoms with Gasteiger partial charge >= 0.3 is 0 Å². The monoisotopic (exact) mass is 139 g/mol. The fourth-order valence-corrected chi connectivity index (χ4v) is 2.73. The Morgan fingerprint density at radius 2 is 2.00 bits per heavy atom. The van der Waals surface area contributed by atoms with Crippen molar-refractivity contribution in [2.24, 2.45) is 23.0 Å². The van der Waals surface area contributed by atoms with Gasteiger partial charge in [-0.15, -0.1) is 0 Å². The Hall–Kier alpha value is -0.0400. The number of nitrogens with two attached hydrogens (primary N) is 1. The largest absolute Gasteiger partial charge is 0.327 e. The molecule has 2 bridgehead atoms. The van der Waals surface area contributed by atoms with E-state index in [1.807, 2.05) is 0 Å². The van der Waals surface area contributed by atoms with Gasteiger partial charge in [-0.05, 0) is 36.5 Å². The normalized spacial score (nSPS) is 59.7. The van der Waals surface area contributed by atoms with Gasteiger partial charge in [0.05, 0.1) is 0 Å². The summed E-state index contributed by atoms with van der Waals surface area (Å²) >= 11 is 0. The van der Waals surface area contributed by atoms with Gasteiger partial charge in [-0.1, -0.05) is 13.8 Å². The molecule has 2 unspecified atom stereocenters. The second-order valence-electron chi connectivity index (χ2n) is 4.62. The third-order valence-electron chi connectivity index (χ3n) is 3.88. The minimum Gasteiger partial charge on any atom is -0.327 e. The van der Waals surface area contributed by atoms with E-state index in [0.717, 1.165) is 11.8 Å². The molecule has 0 aromatic heterocycles. The summed E-state index contributed by atoms with van der Waals surface area (Å²) in [5, 5.41) is 0. The second kappa shape index (κ2) is 1.76. The summed E-state index contributed by atoms with van der Waals surface area (Å²) in [6.07, 6.45) is 4.06. The maximum atomic E-state index is 5.97. The van der Waals surface area contributed by atoms with Gasteiger partial charge in [0.2, 0.25) is 0 Å². The van der Waals surface area contributed by atoms with Crippen molar-refractivity contribution in [2.45, 2.75) is 39.2 Å². The third kappa shape index (κ3) is 0.672. The van der Waals surface area contributed by atoms with Crippen molar-refractivity contribution in [3.63, 3.8) is 0 Å². The average molecular weight is 139 g/mol. The highest BCUT2D eigenvalue weighted by Gasteiger charge is 2.50. The van der Waals surface area contributed by atoms with Crippen LogP contribution in [0.15, 0.2) is 0 Å². The molecule has 0 saturated heterocycles. The quantitative estimate of drug-likeness (QED) is 0.544. The van der Waals surface area contributed by atoms with E-state index in [-0.39, 0.29) is 0 Å². The van der Waals surface area contributed by atoms with Crippen LogP contribution in [0.2, 0.25) is 0 Å². The number of hydrogen-bond acceptors (Lipinski definition) is 1. The van der Waals surface area contributed by atoms with Gasteiger partial charge in [0.25, 0.3) is 0 Å². The van der Waals surface area contributed by atoms with Crippen LogP contribution in [0.4, 0.5) is 0 Å². The van der Waals surface area contributed by atoms with Gasteiger partial charge in [0.1, 0.15) is 0 Å². The van der Waals surface area contributed by atoms with Gasteiger partial charge in [-0.2, -0.15) is 0 Å². The highest BCUT2D eigenvalue weighted by atomic mass is 14.7. The first-order chi connectivity index (χ1) is 4.62. The van der Waals surface area contributed by atoms with Gasteiger partial charge < -0.3 is 5.73 Å². The van der Waals surface area contributed by atoms with Crippen molar-refractivity contribution < 1.29 is 0 Å². The summed E-state index contributed by atoms with van der Waals surface area (Å²) in [4.78, 5) is 0. The highest BCUT2D eigenvalue weighted by molar-refractivity contribution is 5.03. The van der Waals surface area contributed by atoms with Crippen molar-refractivity contribution in [3.05, 3.63) is 0 Å². The van der Waals surface area contributed by atoms with Crippen LogP contribution in [-0.4, -0.2) is 6.04 Å². The molecule has 0 aromatic carbocycles. The Bertz CT molecular complexity index is 144. The van der Waals surface area contributed by atoms with Gasteiger partial charge in [-0.25, -0.2) is 0 Å². The Kier molecular flexibility index (Phi) is 1.17. The smallest absolute Gasteiger partial charge is 0.00703 e. The van der Waals surface area contributed by atoms with Crippen LogP contribution in [0, 0.1) is 17.3 Å². The SMILES string of the molecule is CC1CC(N)C2CC1(C)C2. The first-order valence-corrected chi connectivity index (χ1v) is 4.37. The fourth-order valence-electron chi connectivity index (χ4n) is 2.73. The average Bonchev–Trinajstić information content (AvgIpc) is 1.76. The molecule has 3 fully saturated rings. The van der Waals surface area contributed by atoms with Crippen LogP contribution >= 0.6 is 0 Å². The van der Waals surface area contributed by atoms with Crippen LogP contribution in [0.3, 0.4) is 0 Å². The molecule has 0 aromatic rings. The summed E-state index contributed by atoms with van der Waals surface area (Å²) < 4.78 is 0. The zero-order chi connectivity index (χ0) is 7.35. The lowest BCUT2D eigenvalue weighted by Gasteiger charge is -2.57. The Balaban J connectivity index is 2.12. The highest BCUT2D eigenvalue weighted by Crippen LogP contribution is 2.57. The minimum atomic E-state index is 0.525. The van der Waals surface area contributed by atoms with Crippen molar-refractivity contribution in [2.75, 3.05) is 0 Å². The third-order valence-corrected chi connectivity index (χ3v) is 3.88. The van der Waals surface area contributed by atoms with Crippen LogP contribution < -0.4 is 5.73 Å². The molecular formula is C9H17N. The van der Waals surface area contributed by atoms with Crippen molar-refractivity contribution in [1.29, 1.82) is 0 Å². The van der Waals surface area contributed by atoms with Crippen LogP contribution in [-0.2, 0) is 0 Å². The molecule has 1 nitrogen and oxygen atoms in total. The lowest BCUT2D eigenvalue weighted by atomic mass is 9.49. The summed E-state index contributed by atoms with van der Waals surface area (Å²) in [5.41, 5.74) is 6.65. The van der Waals surface area contributed by atoms with Crippen LogP contribution in [0.1, 0.15) is 33.1 Å². The molecule has 3 rings (SSSR count). The number of rotatable bonds is 0. The fraction of sp³-hybridized carbons (Fsp3) is 1.00. The van der Waals surface area contributed by atoms with Crippen molar-refractivity contribution in [3.8, 4) is 0 Å². The zero-order valence-corrected chi connectivity index (χ0v) is 6.93. The van der Waals surface area contributed by atoms with E-state index in [9.17, 15) is 0 Å². The van der Waals surface area contributed by atoms with E-state index in [2.05, 4.69) is 13.8 Å². The standard InChI is InChI=1S/C9H17N/c1-6-3-8(10)7-4-9(6,2)5-7/h6-8H,3-5,10H2,1-2H3. The lowest BCUT2D eigenvalue weighted by molar-refractivity contribution is -0.0524. The molecule has 0 heterocycles. The molecule has 2 N–H and O–H groups in total. The first kappa shape index (κ1) is 6.66. The van der Waals surface area contributed by atoms with Crippen LogP contribution in [0.5, 0.6) is 0 Å². The van der Waals surface area contributed by atoms with Crippen molar-refractivity contribution >= 4 is 0 Å². The summed E-state index contributed by atoms with van der Waals surface area (Å²) in [5.74, 6) is 1.74. The molecule has 0 spiro atoms. The molecular weight excluding hydrogens is 122 g/mol. The Morgan fingerprint density at radius 3 is 2.40 bits per heavy atom. The molecule has 3 aliphatic rings. The first-order valence-electron chi connectivity index (χ1n) is 4.37. The summed E-state index contributed by atoms with van der Waals surface area (Å²) in [6.45, 7) is 4.77. The van der Waals surface area contributed by atoms with E-state index in [4.69, 9.17) is 5.73 Å². The van der Waals surface area contributed by atoms with E-state index < -0.39 is 0 Å². The Morgan fingerprint density at radius 1 is 1.40 bits per heavy atom. The summed E-state index contributed by atoms with van der Waals surface area (Å²) in [6, 6.07) is 0.525. The predicted octanol–water partition coefficient (Wildman–Crippen LogP) is 1.77. The molecule has 0 aliphatic heterocycles. The van der Waals surface area contributed by atoms with E-state index >= 15 is 0 Å². The van der Waals surface area contributed by atoms with E-state index in [0.29, 0.717) is 11.5 Å². The molecule has 0 radical (unpaired) electrons. The molecule has 2 atom stereocenters. The zero-order valence-electron chi connectivity index (χ0n) is 6.93. The summed E-state index contributed by atoms with van der Waals surface area (Å²) in [7, 11) is 0.